The van der Waals surface area contributed by atoms with Crippen LogP contribution in [0.3, 0.4) is 0 Å². The van der Waals surface area contributed by atoms with Crippen LogP contribution in [-0.2, 0) is 0 Å². The Morgan fingerprint density at radius 1 is 0.895 bits per heavy atom. The first-order valence-electron chi connectivity index (χ1n) is 7.87. The van der Waals surface area contributed by atoms with Gasteiger partial charge in [0.05, 0.1) is 0 Å². The topological polar surface area (TPSA) is 12.0 Å². The van der Waals surface area contributed by atoms with Crippen LogP contribution in [0.1, 0.15) is 87.5 Å². The third-order valence-electron chi connectivity index (χ3n) is 3.98. The summed E-state index contributed by atoms with van der Waals surface area (Å²) in [6.45, 7) is 22.5. The van der Waals surface area contributed by atoms with Crippen LogP contribution in [0.2, 0.25) is 0 Å². The fourth-order valence-electron chi connectivity index (χ4n) is 2.47. The molecule has 0 saturated carbocycles. The van der Waals surface area contributed by atoms with Crippen LogP contribution in [0.4, 0.5) is 0 Å². The van der Waals surface area contributed by atoms with Crippen LogP contribution in [0.15, 0.2) is 12.3 Å². The fraction of sp³-hybridized carbons (Fsp3) is 0.889. The number of hydrogen-bond acceptors (Lipinski definition) is 1. The van der Waals surface area contributed by atoms with Gasteiger partial charge in [-0.1, -0.05) is 61.0 Å². The van der Waals surface area contributed by atoms with E-state index < -0.39 is 0 Å². The van der Waals surface area contributed by atoms with Crippen molar-refractivity contribution in [2.24, 2.45) is 10.8 Å². The first-order valence-corrected chi connectivity index (χ1v) is 7.87. The van der Waals surface area contributed by atoms with Gasteiger partial charge in [0.2, 0.25) is 0 Å². The highest BCUT2D eigenvalue weighted by molar-refractivity contribution is 5.06. The Morgan fingerprint density at radius 3 is 1.84 bits per heavy atom. The van der Waals surface area contributed by atoms with Crippen LogP contribution in [0.5, 0.6) is 0 Å². The molecule has 1 N–H and O–H groups in total. The summed E-state index contributed by atoms with van der Waals surface area (Å²) in [5.41, 5.74) is 1.92. The minimum Gasteiger partial charge on any atom is -0.384 e. The maximum atomic E-state index is 4.19. The van der Waals surface area contributed by atoms with E-state index in [2.05, 4.69) is 67.3 Å². The third-order valence-corrected chi connectivity index (χ3v) is 3.98. The standard InChI is InChI=1S/C18H37N/c1-10-12-17(6,7)13-11-14-18(8,9)19-15(2)16(3,4)5/h19H,2,10-14H2,1,3-9H3. The molecule has 1 heteroatoms. The van der Waals surface area contributed by atoms with Crippen molar-refractivity contribution in [3.8, 4) is 0 Å². The number of rotatable bonds is 8. The summed E-state index contributed by atoms with van der Waals surface area (Å²) in [5.74, 6) is 0. The molecule has 0 aliphatic heterocycles. The molecule has 0 aromatic rings. The van der Waals surface area contributed by atoms with E-state index >= 15 is 0 Å². The van der Waals surface area contributed by atoms with Crippen molar-refractivity contribution < 1.29 is 0 Å². The predicted molar refractivity (Wildman–Crippen MR) is 88.3 cm³/mol. The maximum Gasteiger partial charge on any atom is 0.0314 e. The van der Waals surface area contributed by atoms with Crippen LogP contribution in [0.25, 0.3) is 0 Å². The highest BCUT2D eigenvalue weighted by Crippen LogP contribution is 2.31. The highest BCUT2D eigenvalue weighted by atomic mass is 15.0. The molecule has 19 heavy (non-hydrogen) atoms. The van der Waals surface area contributed by atoms with Crippen molar-refractivity contribution in [2.45, 2.75) is 93.0 Å². The zero-order valence-corrected chi connectivity index (χ0v) is 14.7. The molecule has 0 heterocycles. The van der Waals surface area contributed by atoms with E-state index in [9.17, 15) is 0 Å². The molecule has 0 atom stereocenters. The fourth-order valence-corrected chi connectivity index (χ4v) is 2.47. The molecule has 114 valence electrons. The van der Waals surface area contributed by atoms with Crippen LogP contribution in [0, 0.1) is 10.8 Å². The molecule has 0 bridgehead atoms. The molecule has 0 aliphatic carbocycles. The Bertz CT molecular complexity index is 279. The van der Waals surface area contributed by atoms with Crippen molar-refractivity contribution in [3.05, 3.63) is 12.3 Å². The Kier molecular flexibility index (Phi) is 6.65. The molecule has 0 saturated heterocycles. The lowest BCUT2D eigenvalue weighted by Gasteiger charge is -2.35. The van der Waals surface area contributed by atoms with E-state index in [1.807, 2.05) is 0 Å². The average molecular weight is 268 g/mol. The minimum absolute atomic E-state index is 0.138. The lowest BCUT2D eigenvalue weighted by molar-refractivity contribution is 0.265. The summed E-state index contributed by atoms with van der Waals surface area (Å²) >= 11 is 0. The van der Waals surface area contributed by atoms with Crippen LogP contribution in [-0.4, -0.2) is 5.54 Å². The second-order valence-corrected chi connectivity index (χ2v) is 8.51. The number of hydrogen-bond donors (Lipinski definition) is 1. The zero-order chi connectivity index (χ0) is 15.3. The van der Waals surface area contributed by atoms with Gasteiger partial charge in [0.1, 0.15) is 0 Å². The minimum atomic E-state index is 0.138. The SMILES string of the molecule is C=C(NC(C)(C)CCCC(C)(C)CCC)C(C)(C)C. The Morgan fingerprint density at radius 2 is 1.42 bits per heavy atom. The maximum absolute atomic E-state index is 4.19. The van der Waals surface area contributed by atoms with E-state index in [1.165, 1.54) is 32.1 Å². The summed E-state index contributed by atoms with van der Waals surface area (Å²) in [4.78, 5) is 0. The summed E-state index contributed by atoms with van der Waals surface area (Å²) in [5, 5.41) is 3.62. The molecule has 0 unspecified atom stereocenters. The molecule has 0 aromatic carbocycles. The second kappa shape index (κ2) is 6.81. The van der Waals surface area contributed by atoms with Gasteiger partial charge >= 0.3 is 0 Å². The average Bonchev–Trinajstić information content (AvgIpc) is 2.13. The lowest BCUT2D eigenvalue weighted by atomic mass is 9.81. The molecule has 0 radical (unpaired) electrons. The van der Waals surface area contributed by atoms with E-state index in [-0.39, 0.29) is 11.0 Å². The smallest absolute Gasteiger partial charge is 0.0314 e. The third kappa shape index (κ3) is 8.34. The monoisotopic (exact) mass is 267 g/mol. The first-order chi connectivity index (χ1) is 8.40. The summed E-state index contributed by atoms with van der Waals surface area (Å²) in [6.07, 6.45) is 6.42. The van der Waals surface area contributed by atoms with Crippen LogP contribution < -0.4 is 5.32 Å². The molecule has 0 aromatic heterocycles. The molecule has 0 rings (SSSR count). The summed E-state index contributed by atoms with van der Waals surface area (Å²) < 4.78 is 0. The van der Waals surface area contributed by atoms with Crippen LogP contribution >= 0.6 is 0 Å². The van der Waals surface area contributed by atoms with Crippen molar-refractivity contribution in [3.63, 3.8) is 0 Å². The van der Waals surface area contributed by atoms with E-state index in [0.29, 0.717) is 5.41 Å². The normalized spacial score (nSPS) is 13.5. The summed E-state index contributed by atoms with van der Waals surface area (Å²) in [7, 11) is 0. The molecule has 0 fully saturated rings. The quantitative estimate of drug-likeness (QED) is 0.576. The highest BCUT2D eigenvalue weighted by Gasteiger charge is 2.24. The summed E-state index contributed by atoms with van der Waals surface area (Å²) in [6, 6.07) is 0. The number of nitrogens with one attached hydrogen (secondary N) is 1. The van der Waals surface area contributed by atoms with Gasteiger partial charge < -0.3 is 5.32 Å². The zero-order valence-electron chi connectivity index (χ0n) is 14.7. The molecular formula is C18H37N. The van der Waals surface area contributed by atoms with Gasteiger partial charge in [-0.2, -0.15) is 0 Å². The molecule has 1 nitrogen and oxygen atoms in total. The Balaban J connectivity index is 4.21. The molecular weight excluding hydrogens is 230 g/mol. The predicted octanol–water partition coefficient (Wildman–Crippen LogP) is 5.91. The van der Waals surface area contributed by atoms with Crippen molar-refractivity contribution in [1.29, 1.82) is 0 Å². The molecule has 0 aliphatic rings. The van der Waals surface area contributed by atoms with Gasteiger partial charge in [-0.05, 0) is 38.5 Å². The second-order valence-electron chi connectivity index (χ2n) is 8.51. The van der Waals surface area contributed by atoms with Crippen molar-refractivity contribution in [1.82, 2.24) is 5.32 Å². The largest absolute Gasteiger partial charge is 0.384 e. The van der Waals surface area contributed by atoms with E-state index in [4.69, 9.17) is 0 Å². The van der Waals surface area contributed by atoms with E-state index in [0.717, 1.165) is 5.70 Å². The van der Waals surface area contributed by atoms with Gasteiger partial charge in [-0.15, -0.1) is 0 Å². The molecule has 0 spiro atoms. The van der Waals surface area contributed by atoms with Gasteiger partial charge in [0.25, 0.3) is 0 Å². The van der Waals surface area contributed by atoms with Crippen molar-refractivity contribution >= 4 is 0 Å². The first kappa shape index (κ1) is 18.5. The molecule has 0 amide bonds. The van der Waals surface area contributed by atoms with Gasteiger partial charge in [0, 0.05) is 16.7 Å². The number of allylic oxidation sites excluding steroid dienone is 1. The van der Waals surface area contributed by atoms with Gasteiger partial charge in [-0.3, -0.25) is 0 Å². The lowest BCUT2D eigenvalue weighted by Crippen LogP contribution is -2.41. The van der Waals surface area contributed by atoms with E-state index in [1.54, 1.807) is 0 Å². The Labute approximate surface area is 122 Å². The van der Waals surface area contributed by atoms with Crippen molar-refractivity contribution in [2.75, 3.05) is 0 Å². The Hall–Kier alpha value is -0.460. The van der Waals surface area contributed by atoms with Gasteiger partial charge in [-0.25, -0.2) is 0 Å². The van der Waals surface area contributed by atoms with Gasteiger partial charge in [0.15, 0.2) is 0 Å².